The smallest absolute Gasteiger partial charge is 0.213 e. The van der Waals surface area contributed by atoms with Gasteiger partial charge in [0, 0.05) is 50.2 Å². The summed E-state index contributed by atoms with van der Waals surface area (Å²) in [5.41, 5.74) is 7.12. The number of hydrogen-bond donors (Lipinski definition) is 0. The largest absolute Gasteiger partial charge is 0.370 e. The topological polar surface area (TPSA) is 40.9 Å². The van der Waals surface area contributed by atoms with Crippen molar-refractivity contribution in [1.82, 2.24) is 9.38 Å². The lowest BCUT2D eigenvalue weighted by atomic mass is 9.85. The Balaban J connectivity index is 1.41. The fourth-order valence-electron chi connectivity index (χ4n) is 5.12. The van der Waals surface area contributed by atoms with E-state index in [0.717, 1.165) is 50.1 Å². The van der Waals surface area contributed by atoms with Crippen LogP contribution in [0.1, 0.15) is 42.4 Å². The van der Waals surface area contributed by atoms with Crippen LogP contribution in [0.25, 0.3) is 16.4 Å². The number of anilines is 2. The highest BCUT2D eigenvalue weighted by Gasteiger charge is 2.24. The molecule has 1 amide bonds. The number of amides is 1. The number of piperidine rings is 1. The van der Waals surface area contributed by atoms with Gasteiger partial charge < -0.3 is 14.2 Å². The van der Waals surface area contributed by atoms with E-state index in [1.54, 1.807) is 4.90 Å². The molecule has 0 N–H and O–H groups in total. The Morgan fingerprint density at radius 1 is 1.16 bits per heavy atom. The predicted molar refractivity (Wildman–Crippen MR) is 132 cm³/mol. The number of carbonyl (C=O) groups is 1. The van der Waals surface area contributed by atoms with Crippen molar-refractivity contribution in [2.24, 2.45) is 0 Å². The minimum absolute atomic E-state index is 0.521. The maximum atomic E-state index is 11.4. The first kappa shape index (κ1) is 20.6. The summed E-state index contributed by atoms with van der Waals surface area (Å²) in [4.78, 5) is 20.2. The minimum Gasteiger partial charge on any atom is -0.370 e. The molecule has 2 aromatic heterocycles. The van der Waals surface area contributed by atoms with Gasteiger partial charge in [0.05, 0.1) is 11.4 Å². The summed E-state index contributed by atoms with van der Waals surface area (Å²) in [5.74, 6) is 0.521. The summed E-state index contributed by atoms with van der Waals surface area (Å²) < 4.78 is 2.15. The third-order valence-electron chi connectivity index (χ3n) is 6.99. The van der Waals surface area contributed by atoms with Gasteiger partial charge in [-0.05, 0) is 60.2 Å². The standard InChI is InChI=1S/C27H30N4O/c1-4-20-15-28-26-14-22(17-31(26)16-20)30-12-10-21(11-13-30)23-8-9-25(29(3)18-32)27-19(2)6-5-7-24(23)27/h5-9,14-18,21H,4,10-13H2,1-3H3. The van der Waals surface area contributed by atoms with Crippen molar-refractivity contribution in [3.05, 3.63) is 71.7 Å². The van der Waals surface area contributed by atoms with E-state index in [1.165, 1.54) is 33.2 Å². The molecule has 164 valence electrons. The van der Waals surface area contributed by atoms with Gasteiger partial charge in [-0.25, -0.2) is 4.98 Å². The number of carbonyl (C=O) groups excluding carboxylic acids is 1. The molecule has 3 heterocycles. The second-order valence-electron chi connectivity index (χ2n) is 8.93. The number of fused-ring (bicyclic) bond motifs is 2. The number of rotatable bonds is 5. The van der Waals surface area contributed by atoms with E-state index in [0.29, 0.717) is 5.92 Å². The average Bonchev–Trinajstić information content (AvgIpc) is 3.26. The van der Waals surface area contributed by atoms with E-state index in [4.69, 9.17) is 0 Å². The van der Waals surface area contributed by atoms with Gasteiger partial charge >= 0.3 is 0 Å². The van der Waals surface area contributed by atoms with Gasteiger partial charge in [0.2, 0.25) is 6.41 Å². The highest BCUT2D eigenvalue weighted by molar-refractivity contribution is 6.02. The highest BCUT2D eigenvalue weighted by Crippen LogP contribution is 2.39. The van der Waals surface area contributed by atoms with Gasteiger partial charge in [-0.1, -0.05) is 31.2 Å². The van der Waals surface area contributed by atoms with Crippen LogP contribution in [0.2, 0.25) is 0 Å². The molecule has 1 saturated heterocycles. The van der Waals surface area contributed by atoms with Gasteiger partial charge in [0.15, 0.2) is 0 Å². The fourth-order valence-corrected chi connectivity index (χ4v) is 5.12. The number of aromatic nitrogens is 2. The Kier molecular flexibility index (Phi) is 5.33. The normalized spacial score (nSPS) is 14.9. The summed E-state index contributed by atoms with van der Waals surface area (Å²) in [5, 5.41) is 2.47. The third-order valence-corrected chi connectivity index (χ3v) is 6.99. The average molecular weight is 427 g/mol. The minimum atomic E-state index is 0.521. The van der Waals surface area contributed by atoms with E-state index < -0.39 is 0 Å². The molecule has 5 rings (SSSR count). The number of aryl methyl sites for hydroxylation is 2. The second-order valence-corrected chi connectivity index (χ2v) is 8.93. The molecule has 1 aliphatic rings. The van der Waals surface area contributed by atoms with Crippen LogP contribution in [0.15, 0.2) is 55.0 Å². The van der Waals surface area contributed by atoms with Crippen LogP contribution in [-0.4, -0.2) is 35.9 Å². The molecule has 1 fully saturated rings. The van der Waals surface area contributed by atoms with Crippen molar-refractivity contribution < 1.29 is 4.79 Å². The zero-order valence-corrected chi connectivity index (χ0v) is 19.1. The summed E-state index contributed by atoms with van der Waals surface area (Å²) in [6.07, 6.45) is 10.5. The highest BCUT2D eigenvalue weighted by atomic mass is 16.1. The monoisotopic (exact) mass is 426 g/mol. The summed E-state index contributed by atoms with van der Waals surface area (Å²) in [6, 6.07) is 13.0. The number of nitrogens with zero attached hydrogens (tertiary/aromatic N) is 4. The molecule has 4 aromatic rings. The van der Waals surface area contributed by atoms with Gasteiger partial charge in [0.1, 0.15) is 5.65 Å². The first-order chi connectivity index (χ1) is 15.6. The Labute approximate surface area is 189 Å². The van der Waals surface area contributed by atoms with Crippen molar-refractivity contribution >= 4 is 34.2 Å². The SMILES string of the molecule is CCc1cnc2cc(N3CCC(c4ccc(N(C)C=O)c5c(C)cccc45)CC3)cn2c1. The summed E-state index contributed by atoms with van der Waals surface area (Å²) in [7, 11) is 1.83. The van der Waals surface area contributed by atoms with Crippen molar-refractivity contribution in [3.8, 4) is 0 Å². The zero-order valence-electron chi connectivity index (χ0n) is 19.1. The zero-order chi connectivity index (χ0) is 22.2. The molecule has 0 unspecified atom stereocenters. The molecule has 0 bridgehead atoms. The van der Waals surface area contributed by atoms with Crippen LogP contribution in [-0.2, 0) is 11.2 Å². The fraction of sp³-hybridized carbons (Fsp3) is 0.333. The maximum Gasteiger partial charge on any atom is 0.213 e. The van der Waals surface area contributed by atoms with E-state index >= 15 is 0 Å². The molecule has 0 radical (unpaired) electrons. The molecule has 2 aromatic carbocycles. The first-order valence-electron chi connectivity index (χ1n) is 11.5. The van der Waals surface area contributed by atoms with Gasteiger partial charge in [0.25, 0.3) is 0 Å². The van der Waals surface area contributed by atoms with Crippen LogP contribution in [0.4, 0.5) is 11.4 Å². The molecule has 32 heavy (non-hydrogen) atoms. The predicted octanol–water partition coefficient (Wildman–Crippen LogP) is 5.33. The van der Waals surface area contributed by atoms with Crippen LogP contribution >= 0.6 is 0 Å². The lowest BCUT2D eigenvalue weighted by Gasteiger charge is -2.34. The van der Waals surface area contributed by atoms with Crippen LogP contribution < -0.4 is 9.80 Å². The van der Waals surface area contributed by atoms with Crippen LogP contribution in [0.5, 0.6) is 0 Å². The molecule has 1 aliphatic heterocycles. The summed E-state index contributed by atoms with van der Waals surface area (Å²) >= 11 is 0. The van der Waals surface area contributed by atoms with Gasteiger partial charge in [-0.3, -0.25) is 4.79 Å². The Morgan fingerprint density at radius 3 is 2.72 bits per heavy atom. The van der Waals surface area contributed by atoms with E-state index in [-0.39, 0.29) is 0 Å². The Hall–Kier alpha value is -3.34. The number of benzene rings is 2. The van der Waals surface area contributed by atoms with E-state index in [1.807, 2.05) is 13.2 Å². The maximum absolute atomic E-state index is 11.4. The molecule has 0 aliphatic carbocycles. The second kappa shape index (κ2) is 8.30. The van der Waals surface area contributed by atoms with Crippen molar-refractivity contribution in [2.45, 2.75) is 39.0 Å². The van der Waals surface area contributed by atoms with Gasteiger partial charge in [-0.2, -0.15) is 0 Å². The molecular formula is C27H30N4O. The molecule has 5 nitrogen and oxygen atoms in total. The first-order valence-corrected chi connectivity index (χ1v) is 11.5. The lowest BCUT2D eigenvalue weighted by molar-refractivity contribution is -0.107. The van der Waals surface area contributed by atoms with E-state index in [2.05, 4.69) is 76.9 Å². The summed E-state index contributed by atoms with van der Waals surface area (Å²) in [6.45, 7) is 6.36. The molecule has 0 spiro atoms. The molecule has 0 saturated carbocycles. The van der Waals surface area contributed by atoms with Gasteiger partial charge in [-0.15, -0.1) is 0 Å². The van der Waals surface area contributed by atoms with Crippen LogP contribution in [0.3, 0.4) is 0 Å². The quantitative estimate of drug-likeness (QED) is 0.405. The molecule has 5 heteroatoms. The number of hydrogen-bond acceptors (Lipinski definition) is 3. The van der Waals surface area contributed by atoms with E-state index in [9.17, 15) is 4.79 Å². The van der Waals surface area contributed by atoms with Crippen molar-refractivity contribution in [1.29, 1.82) is 0 Å². The van der Waals surface area contributed by atoms with Crippen molar-refractivity contribution in [2.75, 3.05) is 29.9 Å². The van der Waals surface area contributed by atoms with Crippen molar-refractivity contribution in [3.63, 3.8) is 0 Å². The van der Waals surface area contributed by atoms with Crippen LogP contribution in [0, 0.1) is 6.92 Å². The molecular weight excluding hydrogens is 396 g/mol. The Morgan fingerprint density at radius 2 is 1.97 bits per heavy atom. The lowest BCUT2D eigenvalue weighted by Crippen LogP contribution is -2.32. The molecule has 0 atom stereocenters. The third kappa shape index (κ3) is 3.52. The Bertz CT molecular complexity index is 1280.